The standard InChI is InChI=1S/C23H27N3O2S/c1-5-17(3)28-22(27)20-13-9-7-11-18(20)14-24-26(4)23-25-21(15-29-23)19-12-8-6-10-16(19)2/h6,8,10-15,17H,5,7,9H2,1-4H3/b24-14+. The van der Waals surface area contributed by atoms with Gasteiger partial charge in [0.25, 0.3) is 0 Å². The van der Waals surface area contributed by atoms with E-state index in [2.05, 4.69) is 24.2 Å². The average Bonchev–Trinajstić information content (AvgIpc) is 3.22. The number of hydrogen-bond acceptors (Lipinski definition) is 6. The minimum atomic E-state index is -0.282. The minimum Gasteiger partial charge on any atom is -0.459 e. The highest BCUT2D eigenvalue weighted by atomic mass is 32.1. The first-order valence-corrected chi connectivity index (χ1v) is 10.8. The van der Waals surface area contributed by atoms with Crippen LogP contribution in [0.15, 0.2) is 58.0 Å². The molecule has 0 aliphatic heterocycles. The summed E-state index contributed by atoms with van der Waals surface area (Å²) in [6.45, 7) is 5.98. The minimum absolute atomic E-state index is 0.0960. The number of hydrogen-bond donors (Lipinski definition) is 0. The number of hydrazone groups is 1. The summed E-state index contributed by atoms with van der Waals surface area (Å²) in [4.78, 5) is 17.2. The van der Waals surface area contributed by atoms with E-state index < -0.39 is 0 Å². The second kappa shape index (κ2) is 9.65. The second-order valence-electron chi connectivity index (χ2n) is 7.08. The zero-order chi connectivity index (χ0) is 20.8. The SMILES string of the molecule is CCC(C)OC(=O)C1=CCCC=C1/C=N/N(C)c1nc(-c2ccccc2C)cs1. The van der Waals surface area contributed by atoms with Crippen molar-refractivity contribution >= 4 is 28.7 Å². The number of aromatic nitrogens is 1. The van der Waals surface area contributed by atoms with Gasteiger partial charge in [0.15, 0.2) is 0 Å². The van der Waals surface area contributed by atoms with E-state index in [1.807, 2.05) is 50.6 Å². The lowest BCUT2D eigenvalue weighted by Gasteiger charge is -2.16. The number of nitrogens with zero attached hydrogens (tertiary/aromatic N) is 3. The van der Waals surface area contributed by atoms with Gasteiger partial charge in [-0.2, -0.15) is 5.10 Å². The number of thiazole rings is 1. The molecule has 29 heavy (non-hydrogen) atoms. The molecule has 5 nitrogen and oxygen atoms in total. The van der Waals surface area contributed by atoms with E-state index >= 15 is 0 Å². The highest BCUT2D eigenvalue weighted by Gasteiger charge is 2.19. The lowest BCUT2D eigenvalue weighted by atomic mass is 9.99. The molecule has 0 spiro atoms. The van der Waals surface area contributed by atoms with Gasteiger partial charge in [0.05, 0.1) is 23.6 Å². The van der Waals surface area contributed by atoms with Crippen LogP contribution < -0.4 is 5.01 Å². The Labute approximate surface area is 176 Å². The molecule has 152 valence electrons. The number of esters is 1. The number of carbonyl (C=O) groups is 1. The van der Waals surface area contributed by atoms with Crippen molar-refractivity contribution in [3.05, 3.63) is 58.5 Å². The van der Waals surface area contributed by atoms with Crippen LogP contribution in [0.5, 0.6) is 0 Å². The van der Waals surface area contributed by atoms with Crippen LogP contribution in [0, 0.1) is 6.92 Å². The van der Waals surface area contributed by atoms with Gasteiger partial charge in [0.2, 0.25) is 5.13 Å². The van der Waals surface area contributed by atoms with Crippen LogP contribution in [-0.2, 0) is 9.53 Å². The van der Waals surface area contributed by atoms with Crippen molar-refractivity contribution in [3.63, 3.8) is 0 Å². The molecule has 0 fully saturated rings. The van der Waals surface area contributed by atoms with Gasteiger partial charge in [0, 0.05) is 23.6 Å². The van der Waals surface area contributed by atoms with Gasteiger partial charge in [-0.25, -0.2) is 14.8 Å². The summed E-state index contributed by atoms with van der Waals surface area (Å²) in [5, 5.41) is 9.09. The Hall–Kier alpha value is -2.73. The Morgan fingerprint density at radius 1 is 1.34 bits per heavy atom. The highest BCUT2D eigenvalue weighted by molar-refractivity contribution is 7.14. The molecule has 0 saturated carbocycles. The van der Waals surface area contributed by atoms with Gasteiger partial charge < -0.3 is 4.74 Å². The van der Waals surface area contributed by atoms with E-state index in [0.29, 0.717) is 5.57 Å². The Kier molecular flexibility index (Phi) is 6.99. The summed E-state index contributed by atoms with van der Waals surface area (Å²) in [5.74, 6) is -0.282. The van der Waals surface area contributed by atoms with Crippen molar-refractivity contribution in [2.45, 2.75) is 46.1 Å². The van der Waals surface area contributed by atoms with Gasteiger partial charge in [-0.05, 0) is 38.7 Å². The molecule has 0 amide bonds. The number of ether oxygens (including phenoxy) is 1. The Morgan fingerprint density at radius 3 is 2.86 bits per heavy atom. The topological polar surface area (TPSA) is 54.8 Å². The first-order chi connectivity index (χ1) is 14.0. The molecule has 1 heterocycles. The van der Waals surface area contributed by atoms with Crippen molar-refractivity contribution in [3.8, 4) is 11.3 Å². The molecule has 0 radical (unpaired) electrons. The molecular formula is C23H27N3O2S. The first-order valence-electron chi connectivity index (χ1n) is 9.90. The zero-order valence-electron chi connectivity index (χ0n) is 17.4. The lowest BCUT2D eigenvalue weighted by molar-refractivity contribution is -0.143. The maximum atomic E-state index is 12.5. The number of allylic oxidation sites excluding steroid dienone is 2. The summed E-state index contributed by atoms with van der Waals surface area (Å²) < 4.78 is 5.49. The second-order valence-corrected chi connectivity index (χ2v) is 7.91. The molecule has 1 unspecified atom stereocenters. The summed E-state index contributed by atoms with van der Waals surface area (Å²) >= 11 is 1.54. The Morgan fingerprint density at radius 2 is 2.10 bits per heavy atom. The van der Waals surface area contributed by atoms with Gasteiger partial charge in [-0.15, -0.1) is 11.3 Å². The molecule has 0 saturated heterocycles. The summed E-state index contributed by atoms with van der Waals surface area (Å²) in [6, 6.07) is 8.20. The summed E-state index contributed by atoms with van der Waals surface area (Å²) in [7, 11) is 1.86. The van der Waals surface area contributed by atoms with E-state index in [4.69, 9.17) is 9.72 Å². The van der Waals surface area contributed by atoms with Gasteiger partial charge in [0.1, 0.15) is 0 Å². The van der Waals surface area contributed by atoms with Crippen LogP contribution in [0.3, 0.4) is 0 Å². The van der Waals surface area contributed by atoms with Gasteiger partial charge in [-0.1, -0.05) is 43.3 Å². The zero-order valence-corrected chi connectivity index (χ0v) is 18.2. The smallest absolute Gasteiger partial charge is 0.338 e. The molecule has 1 aromatic heterocycles. The predicted molar refractivity (Wildman–Crippen MR) is 120 cm³/mol. The van der Waals surface area contributed by atoms with E-state index in [9.17, 15) is 4.79 Å². The molecule has 2 aromatic rings. The molecule has 1 aliphatic rings. The maximum Gasteiger partial charge on any atom is 0.338 e. The predicted octanol–water partition coefficient (Wildman–Crippen LogP) is 5.53. The third-order valence-corrected chi connectivity index (χ3v) is 5.76. The fourth-order valence-electron chi connectivity index (χ4n) is 2.94. The van der Waals surface area contributed by atoms with Crippen LogP contribution in [0.2, 0.25) is 0 Å². The van der Waals surface area contributed by atoms with Crippen molar-refractivity contribution in [1.82, 2.24) is 4.98 Å². The largest absolute Gasteiger partial charge is 0.459 e. The van der Waals surface area contributed by atoms with Crippen molar-refractivity contribution in [2.24, 2.45) is 5.10 Å². The third-order valence-electron chi connectivity index (χ3n) is 4.85. The number of benzene rings is 1. The molecular weight excluding hydrogens is 382 g/mol. The Balaban J connectivity index is 1.72. The monoisotopic (exact) mass is 409 g/mol. The highest BCUT2D eigenvalue weighted by Crippen LogP contribution is 2.29. The van der Waals surface area contributed by atoms with Gasteiger partial charge in [-0.3, -0.25) is 0 Å². The lowest BCUT2D eigenvalue weighted by Crippen LogP contribution is -2.19. The number of carbonyl (C=O) groups excluding carboxylic acids is 1. The van der Waals surface area contributed by atoms with E-state index in [1.165, 1.54) is 5.56 Å². The molecule has 0 bridgehead atoms. The molecule has 6 heteroatoms. The number of anilines is 1. The van der Waals surface area contributed by atoms with E-state index in [1.54, 1.807) is 22.6 Å². The quantitative estimate of drug-likeness (QED) is 0.343. The maximum absolute atomic E-state index is 12.5. The van der Waals surface area contributed by atoms with Crippen LogP contribution in [-0.4, -0.2) is 30.3 Å². The molecule has 1 aromatic carbocycles. The van der Waals surface area contributed by atoms with Crippen LogP contribution >= 0.6 is 11.3 Å². The van der Waals surface area contributed by atoms with Crippen LogP contribution in [0.4, 0.5) is 5.13 Å². The average molecular weight is 410 g/mol. The number of rotatable bonds is 7. The van der Waals surface area contributed by atoms with Crippen molar-refractivity contribution in [1.29, 1.82) is 0 Å². The van der Waals surface area contributed by atoms with E-state index in [0.717, 1.165) is 41.2 Å². The molecule has 1 atom stereocenters. The third kappa shape index (κ3) is 5.21. The summed E-state index contributed by atoms with van der Waals surface area (Å²) in [5.41, 5.74) is 4.65. The fourth-order valence-corrected chi connectivity index (χ4v) is 3.69. The first kappa shape index (κ1) is 21.0. The number of aryl methyl sites for hydroxylation is 1. The van der Waals surface area contributed by atoms with Crippen molar-refractivity contribution < 1.29 is 9.53 Å². The van der Waals surface area contributed by atoms with Crippen molar-refractivity contribution in [2.75, 3.05) is 12.1 Å². The molecule has 3 rings (SSSR count). The Bertz CT molecular complexity index is 959. The van der Waals surface area contributed by atoms with E-state index in [-0.39, 0.29) is 12.1 Å². The fraction of sp³-hybridized carbons (Fsp3) is 0.348. The van der Waals surface area contributed by atoms with Gasteiger partial charge >= 0.3 is 5.97 Å². The molecule has 1 aliphatic carbocycles. The normalized spacial score (nSPS) is 15.0. The van der Waals surface area contributed by atoms with Crippen LogP contribution in [0.25, 0.3) is 11.3 Å². The molecule has 0 N–H and O–H groups in total. The summed E-state index contributed by atoms with van der Waals surface area (Å²) in [6.07, 6.45) is 8.11. The van der Waals surface area contributed by atoms with Crippen LogP contribution in [0.1, 0.15) is 38.7 Å².